The topological polar surface area (TPSA) is 30.9 Å². The summed E-state index contributed by atoms with van der Waals surface area (Å²) in [6, 6.07) is 0.823. The molecule has 0 N–H and O–H groups in total. The largest absolute Gasteiger partial charge is 0.378 e. The lowest BCUT2D eigenvalue weighted by Crippen LogP contribution is -2.59. The highest BCUT2D eigenvalue weighted by Gasteiger charge is 2.38. The average molecular weight is 368 g/mol. The molecule has 3 fully saturated rings. The zero-order valence-corrected chi connectivity index (χ0v) is 17.8. The van der Waals surface area contributed by atoms with Crippen LogP contribution in [0.5, 0.6) is 0 Å². The molecule has 0 radical (unpaired) electrons. The minimum absolute atomic E-state index is 0.0763. The van der Waals surface area contributed by atoms with E-state index in [9.17, 15) is 0 Å². The number of hydrogen-bond donors (Lipinski definition) is 0. The summed E-state index contributed by atoms with van der Waals surface area (Å²) in [6.45, 7) is 13.9. The Balaban J connectivity index is 1.40. The van der Waals surface area contributed by atoms with Gasteiger partial charge >= 0.3 is 0 Å². The van der Waals surface area contributed by atoms with Gasteiger partial charge in [0.25, 0.3) is 0 Å². The van der Waals surface area contributed by atoms with Gasteiger partial charge in [0, 0.05) is 32.2 Å². The molecule has 1 saturated carbocycles. The van der Waals surface area contributed by atoms with E-state index >= 15 is 0 Å². The van der Waals surface area contributed by atoms with Crippen molar-refractivity contribution in [2.24, 2.45) is 0 Å². The van der Waals surface area contributed by atoms with Gasteiger partial charge in [0.15, 0.2) is 0 Å². The summed E-state index contributed by atoms with van der Waals surface area (Å²) in [4.78, 5) is 2.64. The third-order valence-electron chi connectivity index (χ3n) is 6.01. The van der Waals surface area contributed by atoms with Gasteiger partial charge in [0.1, 0.15) is 0 Å². The van der Waals surface area contributed by atoms with E-state index in [1.165, 1.54) is 32.1 Å². The van der Waals surface area contributed by atoms with Crippen LogP contribution in [0.3, 0.4) is 0 Å². The van der Waals surface area contributed by atoms with Crippen molar-refractivity contribution in [2.45, 2.75) is 122 Å². The van der Waals surface area contributed by atoms with Crippen LogP contribution < -0.4 is 0 Å². The Bertz CT molecular complexity index is 433. The normalized spacial score (nSPS) is 30.3. The molecular formula is C22H41NO3. The molecule has 0 spiro atoms. The lowest BCUT2D eigenvalue weighted by Gasteiger charge is -2.48. The zero-order valence-electron chi connectivity index (χ0n) is 17.8. The quantitative estimate of drug-likeness (QED) is 0.689. The standard InChI is InChI=1S/C22H41NO3/c1-21(2,3)25-18-11-12-24-19(13-18)14-22(4,5)26-20-15-23(16-20)17-9-7-6-8-10-17/h17-20H,6-16H2,1-5H3. The maximum absolute atomic E-state index is 6.47. The highest BCUT2D eigenvalue weighted by Crippen LogP contribution is 2.32. The van der Waals surface area contributed by atoms with Crippen molar-refractivity contribution >= 4 is 0 Å². The van der Waals surface area contributed by atoms with Crippen molar-refractivity contribution < 1.29 is 14.2 Å². The minimum atomic E-state index is -0.127. The molecule has 4 heteroatoms. The van der Waals surface area contributed by atoms with Crippen LogP contribution in [0.1, 0.15) is 86.0 Å². The summed E-state index contributed by atoms with van der Waals surface area (Å²) in [5.74, 6) is 0. The molecule has 0 bridgehead atoms. The Morgan fingerprint density at radius 2 is 1.58 bits per heavy atom. The van der Waals surface area contributed by atoms with E-state index in [-0.39, 0.29) is 17.3 Å². The van der Waals surface area contributed by atoms with Gasteiger partial charge < -0.3 is 14.2 Å². The fourth-order valence-electron chi connectivity index (χ4n) is 4.93. The summed E-state index contributed by atoms with van der Waals surface area (Å²) in [6.07, 6.45) is 11.0. The maximum Gasteiger partial charge on any atom is 0.0836 e. The first-order chi connectivity index (χ1) is 12.2. The number of nitrogens with zero attached hydrogens (tertiary/aromatic N) is 1. The predicted molar refractivity (Wildman–Crippen MR) is 106 cm³/mol. The summed E-state index contributed by atoms with van der Waals surface area (Å²) in [5, 5.41) is 0. The Labute approximate surface area is 160 Å². The van der Waals surface area contributed by atoms with Gasteiger partial charge in [-0.25, -0.2) is 0 Å². The first-order valence-electron chi connectivity index (χ1n) is 10.9. The second kappa shape index (κ2) is 8.46. The van der Waals surface area contributed by atoms with E-state index in [0.717, 1.165) is 45.0 Å². The Hall–Kier alpha value is -0.160. The van der Waals surface area contributed by atoms with Crippen LogP contribution in [-0.4, -0.2) is 60.2 Å². The van der Waals surface area contributed by atoms with Gasteiger partial charge in [-0.05, 0) is 60.3 Å². The summed E-state index contributed by atoms with van der Waals surface area (Å²) >= 11 is 0. The molecule has 2 aliphatic heterocycles. The highest BCUT2D eigenvalue weighted by atomic mass is 16.5. The van der Waals surface area contributed by atoms with Crippen LogP contribution in [0.15, 0.2) is 0 Å². The molecule has 0 aromatic rings. The smallest absolute Gasteiger partial charge is 0.0836 e. The Morgan fingerprint density at radius 1 is 0.885 bits per heavy atom. The Kier molecular flexibility index (Phi) is 6.70. The van der Waals surface area contributed by atoms with Crippen LogP contribution in [0.2, 0.25) is 0 Å². The molecule has 3 rings (SSSR count). The molecule has 152 valence electrons. The molecule has 26 heavy (non-hydrogen) atoms. The fourth-order valence-corrected chi connectivity index (χ4v) is 4.93. The van der Waals surface area contributed by atoms with Gasteiger partial charge in [0.05, 0.1) is 29.5 Å². The van der Waals surface area contributed by atoms with E-state index in [2.05, 4.69) is 39.5 Å². The molecule has 2 heterocycles. The molecular weight excluding hydrogens is 326 g/mol. The third-order valence-corrected chi connectivity index (χ3v) is 6.01. The van der Waals surface area contributed by atoms with Crippen molar-refractivity contribution in [1.82, 2.24) is 4.90 Å². The molecule has 2 saturated heterocycles. The maximum atomic E-state index is 6.47. The molecule has 0 aromatic heterocycles. The van der Waals surface area contributed by atoms with Crippen LogP contribution in [0.25, 0.3) is 0 Å². The van der Waals surface area contributed by atoms with Gasteiger partial charge in [-0.15, -0.1) is 0 Å². The van der Waals surface area contributed by atoms with Gasteiger partial charge in [-0.3, -0.25) is 4.90 Å². The third kappa shape index (κ3) is 6.19. The predicted octanol–water partition coefficient (Wildman–Crippen LogP) is 4.55. The van der Waals surface area contributed by atoms with E-state index in [1.807, 2.05) is 0 Å². The second-order valence-electron chi connectivity index (χ2n) is 10.3. The molecule has 0 aromatic carbocycles. The molecule has 0 amide bonds. The Morgan fingerprint density at radius 3 is 2.23 bits per heavy atom. The van der Waals surface area contributed by atoms with Gasteiger partial charge in [-0.1, -0.05) is 19.3 Å². The average Bonchev–Trinajstić information content (AvgIpc) is 2.49. The lowest BCUT2D eigenvalue weighted by molar-refractivity contribution is -0.172. The zero-order chi connectivity index (χ0) is 18.8. The van der Waals surface area contributed by atoms with Crippen LogP contribution >= 0.6 is 0 Å². The van der Waals surface area contributed by atoms with Gasteiger partial charge in [0.2, 0.25) is 0 Å². The molecule has 2 unspecified atom stereocenters. The van der Waals surface area contributed by atoms with Crippen LogP contribution in [0.4, 0.5) is 0 Å². The van der Waals surface area contributed by atoms with Crippen molar-refractivity contribution in [1.29, 1.82) is 0 Å². The number of ether oxygens (including phenoxy) is 3. The minimum Gasteiger partial charge on any atom is -0.378 e. The fraction of sp³-hybridized carbons (Fsp3) is 1.00. The van der Waals surface area contributed by atoms with Crippen molar-refractivity contribution in [2.75, 3.05) is 19.7 Å². The SMILES string of the molecule is CC(C)(C)OC1CCOC(CC(C)(C)OC2CN(C3CCCCC3)C2)C1. The molecule has 1 aliphatic carbocycles. The molecule has 4 nitrogen and oxygen atoms in total. The summed E-state index contributed by atoms with van der Waals surface area (Å²) in [5.41, 5.74) is -0.204. The number of likely N-dealkylation sites (tertiary alicyclic amines) is 1. The monoisotopic (exact) mass is 367 g/mol. The second-order valence-corrected chi connectivity index (χ2v) is 10.3. The van der Waals surface area contributed by atoms with Gasteiger partial charge in [-0.2, -0.15) is 0 Å². The summed E-state index contributed by atoms with van der Waals surface area (Å²) < 4.78 is 18.7. The summed E-state index contributed by atoms with van der Waals surface area (Å²) in [7, 11) is 0. The van der Waals surface area contributed by atoms with E-state index < -0.39 is 0 Å². The number of hydrogen-bond acceptors (Lipinski definition) is 4. The molecule has 2 atom stereocenters. The van der Waals surface area contributed by atoms with Crippen LogP contribution in [-0.2, 0) is 14.2 Å². The van der Waals surface area contributed by atoms with Crippen molar-refractivity contribution in [3.63, 3.8) is 0 Å². The van der Waals surface area contributed by atoms with Crippen molar-refractivity contribution in [3.05, 3.63) is 0 Å². The lowest BCUT2D eigenvalue weighted by atomic mass is 9.91. The highest BCUT2D eigenvalue weighted by molar-refractivity contribution is 4.90. The molecule has 3 aliphatic rings. The first-order valence-corrected chi connectivity index (χ1v) is 10.9. The van der Waals surface area contributed by atoms with E-state index in [1.54, 1.807) is 0 Å². The first kappa shape index (κ1) is 20.6. The van der Waals surface area contributed by atoms with E-state index in [0.29, 0.717) is 12.2 Å². The number of rotatable bonds is 6. The van der Waals surface area contributed by atoms with E-state index in [4.69, 9.17) is 14.2 Å². The van der Waals surface area contributed by atoms with Crippen molar-refractivity contribution in [3.8, 4) is 0 Å². The van der Waals surface area contributed by atoms with Crippen LogP contribution in [0, 0.1) is 0 Å².